The molecule has 1 aromatic carbocycles. The number of para-hydroxylation sites is 1. The van der Waals surface area contributed by atoms with Gasteiger partial charge in [0.1, 0.15) is 0 Å². The summed E-state index contributed by atoms with van der Waals surface area (Å²) in [4.78, 5) is 3.02. The fourth-order valence-electron chi connectivity index (χ4n) is 7.17. The highest BCUT2D eigenvalue weighted by atomic mass is 15.2. The topological polar surface area (TPSA) is 55.3 Å². The fourth-order valence-corrected chi connectivity index (χ4v) is 7.17. The van der Waals surface area contributed by atoms with Gasteiger partial charge in [-0.2, -0.15) is 0 Å². The fraction of sp³-hybridized carbons (Fsp3) is 0.739. The summed E-state index contributed by atoms with van der Waals surface area (Å²) in [6.45, 7) is 0. The first-order valence-electron chi connectivity index (χ1n) is 11.1. The van der Waals surface area contributed by atoms with Crippen molar-refractivity contribution in [2.45, 2.75) is 94.7 Å². The molecule has 0 aromatic heterocycles. The van der Waals surface area contributed by atoms with Crippen LogP contribution >= 0.6 is 0 Å². The van der Waals surface area contributed by atoms with Gasteiger partial charge in [-0.3, -0.25) is 4.90 Å². The zero-order valence-corrected chi connectivity index (χ0v) is 16.1. The molecule has 0 spiro atoms. The Bertz CT molecular complexity index is 631. The molecule has 2 saturated heterocycles. The van der Waals surface area contributed by atoms with E-state index < -0.39 is 0 Å². The van der Waals surface area contributed by atoms with Crippen molar-refractivity contribution in [3.05, 3.63) is 23.8 Å². The van der Waals surface area contributed by atoms with Gasteiger partial charge >= 0.3 is 0 Å². The monoisotopic (exact) mass is 353 g/mol. The number of rotatable bonds is 2. The van der Waals surface area contributed by atoms with Crippen molar-refractivity contribution in [1.29, 1.82) is 0 Å². The molecule has 2 aliphatic carbocycles. The Morgan fingerprint density at radius 2 is 1.38 bits per heavy atom. The number of fused-ring (bicyclic) bond motifs is 4. The molecule has 3 nitrogen and oxygen atoms in total. The lowest BCUT2D eigenvalue weighted by Gasteiger charge is -2.55. The van der Waals surface area contributed by atoms with Gasteiger partial charge < -0.3 is 11.5 Å². The molecule has 6 atom stereocenters. The van der Waals surface area contributed by atoms with Crippen LogP contribution in [-0.2, 0) is 0 Å². The zero-order valence-electron chi connectivity index (χ0n) is 16.1. The van der Waals surface area contributed by atoms with Crippen LogP contribution in [0.3, 0.4) is 0 Å². The molecule has 4 fully saturated rings. The molecule has 2 aliphatic heterocycles. The number of benzene rings is 1. The van der Waals surface area contributed by atoms with Crippen LogP contribution in [0.15, 0.2) is 18.2 Å². The molecule has 4 aliphatic rings. The maximum atomic E-state index is 6.36. The summed E-state index contributed by atoms with van der Waals surface area (Å²) < 4.78 is 0. The Morgan fingerprint density at radius 1 is 0.731 bits per heavy atom. The molecule has 4 bridgehead atoms. The second-order valence-electron chi connectivity index (χ2n) is 9.73. The van der Waals surface area contributed by atoms with Gasteiger partial charge in [0, 0.05) is 18.1 Å². The third-order valence-electron chi connectivity index (χ3n) is 8.17. The van der Waals surface area contributed by atoms with Crippen LogP contribution in [0.1, 0.15) is 82.1 Å². The zero-order chi connectivity index (χ0) is 17.7. The van der Waals surface area contributed by atoms with E-state index in [1.54, 1.807) is 0 Å². The van der Waals surface area contributed by atoms with Crippen LogP contribution < -0.4 is 11.5 Å². The van der Waals surface area contributed by atoms with Crippen LogP contribution in [0, 0.1) is 11.8 Å². The molecule has 0 amide bonds. The van der Waals surface area contributed by atoms with E-state index in [0.717, 1.165) is 41.3 Å². The average Bonchev–Trinajstić information content (AvgIpc) is 2.62. The second kappa shape index (κ2) is 6.74. The highest BCUT2D eigenvalue weighted by Crippen LogP contribution is 2.49. The normalized spacial score (nSPS) is 40.3. The van der Waals surface area contributed by atoms with Crippen LogP contribution in [-0.4, -0.2) is 23.0 Å². The van der Waals surface area contributed by atoms with Crippen molar-refractivity contribution >= 4 is 11.4 Å². The van der Waals surface area contributed by atoms with Crippen molar-refractivity contribution in [2.75, 3.05) is 11.5 Å². The molecule has 142 valence electrons. The molecule has 3 heteroatoms. The number of nitrogens with zero attached hydrogens (tertiary/aromatic N) is 1. The first kappa shape index (κ1) is 16.9. The lowest BCUT2D eigenvalue weighted by atomic mass is 9.67. The van der Waals surface area contributed by atoms with E-state index in [9.17, 15) is 0 Å². The smallest absolute Gasteiger partial charge is 0.0583 e. The SMILES string of the molecule is Nc1cccc(C2C[C@H]3CCC[C@@H](C2)N3C2C[C@H]3CCC[C@@H](C2)C3)c1N. The molecule has 1 aromatic rings. The molecule has 4 N–H and O–H groups in total. The summed E-state index contributed by atoms with van der Waals surface area (Å²) >= 11 is 0. The molecule has 2 unspecified atom stereocenters. The maximum Gasteiger partial charge on any atom is 0.0583 e. The summed E-state index contributed by atoms with van der Waals surface area (Å²) in [6.07, 6.45) is 15.8. The first-order valence-corrected chi connectivity index (χ1v) is 11.1. The van der Waals surface area contributed by atoms with Gasteiger partial charge in [0.2, 0.25) is 0 Å². The molecule has 5 rings (SSSR count). The highest BCUT2D eigenvalue weighted by molar-refractivity contribution is 5.68. The Balaban J connectivity index is 1.37. The van der Waals surface area contributed by atoms with Crippen LogP contribution in [0.2, 0.25) is 0 Å². The average molecular weight is 354 g/mol. The highest BCUT2D eigenvalue weighted by Gasteiger charge is 2.45. The van der Waals surface area contributed by atoms with E-state index in [2.05, 4.69) is 17.0 Å². The maximum absolute atomic E-state index is 6.36. The van der Waals surface area contributed by atoms with Crippen molar-refractivity contribution in [3.8, 4) is 0 Å². The Hall–Kier alpha value is -1.22. The molecule has 26 heavy (non-hydrogen) atoms. The number of hydrogen-bond acceptors (Lipinski definition) is 3. The van der Waals surface area contributed by atoms with Gasteiger partial charge in [-0.15, -0.1) is 0 Å². The van der Waals surface area contributed by atoms with E-state index >= 15 is 0 Å². The molecule has 2 heterocycles. The van der Waals surface area contributed by atoms with Crippen LogP contribution in [0.4, 0.5) is 11.4 Å². The second-order valence-corrected chi connectivity index (χ2v) is 9.73. The van der Waals surface area contributed by atoms with Gasteiger partial charge in [-0.05, 0) is 74.3 Å². The quantitative estimate of drug-likeness (QED) is 0.742. The van der Waals surface area contributed by atoms with Crippen LogP contribution in [0.5, 0.6) is 0 Å². The summed E-state index contributed by atoms with van der Waals surface area (Å²) in [5, 5.41) is 0. The van der Waals surface area contributed by atoms with E-state index in [-0.39, 0.29) is 0 Å². The summed E-state index contributed by atoms with van der Waals surface area (Å²) in [6, 6.07) is 8.68. The van der Waals surface area contributed by atoms with E-state index in [1.807, 2.05) is 6.07 Å². The molecular weight excluding hydrogens is 318 g/mol. The number of nitrogens with two attached hydrogens (primary N) is 2. The summed E-state index contributed by atoms with van der Waals surface area (Å²) in [5.41, 5.74) is 15.4. The number of anilines is 2. The minimum Gasteiger partial charge on any atom is -0.397 e. The molecule has 0 radical (unpaired) electrons. The lowest BCUT2D eigenvalue weighted by Crippen LogP contribution is -2.57. The van der Waals surface area contributed by atoms with Crippen molar-refractivity contribution in [1.82, 2.24) is 4.90 Å². The van der Waals surface area contributed by atoms with Crippen molar-refractivity contribution < 1.29 is 0 Å². The Kier molecular flexibility index (Phi) is 4.39. The Labute approximate surface area is 158 Å². The number of hydrogen-bond donors (Lipinski definition) is 2. The van der Waals surface area contributed by atoms with E-state index in [0.29, 0.717) is 5.92 Å². The minimum atomic E-state index is 0.605. The third-order valence-corrected chi connectivity index (χ3v) is 8.17. The van der Waals surface area contributed by atoms with Crippen molar-refractivity contribution in [3.63, 3.8) is 0 Å². The Morgan fingerprint density at radius 3 is 2.08 bits per heavy atom. The predicted octanol–water partition coefficient (Wildman–Crippen LogP) is 4.92. The van der Waals surface area contributed by atoms with Gasteiger partial charge in [0.15, 0.2) is 0 Å². The molecule has 2 saturated carbocycles. The minimum absolute atomic E-state index is 0.605. The predicted molar refractivity (Wildman–Crippen MR) is 109 cm³/mol. The van der Waals surface area contributed by atoms with Crippen LogP contribution in [0.25, 0.3) is 0 Å². The summed E-state index contributed by atoms with van der Waals surface area (Å²) in [5.74, 6) is 2.65. The first-order chi connectivity index (χ1) is 12.7. The third kappa shape index (κ3) is 2.93. The van der Waals surface area contributed by atoms with Gasteiger partial charge in [0.25, 0.3) is 0 Å². The van der Waals surface area contributed by atoms with Gasteiger partial charge in [-0.1, -0.05) is 37.8 Å². The largest absolute Gasteiger partial charge is 0.397 e. The van der Waals surface area contributed by atoms with Gasteiger partial charge in [0.05, 0.1) is 11.4 Å². The molecular formula is C23H35N3. The van der Waals surface area contributed by atoms with Crippen molar-refractivity contribution in [2.24, 2.45) is 11.8 Å². The lowest BCUT2D eigenvalue weighted by molar-refractivity contribution is -0.0411. The number of nitrogen functional groups attached to an aromatic ring is 2. The van der Waals surface area contributed by atoms with Gasteiger partial charge in [-0.25, -0.2) is 0 Å². The standard InChI is InChI=1S/C23H35N3/c24-22-9-3-8-21(23(22)25)17-13-18-6-2-7-19(14-17)26(18)20-11-15-4-1-5-16(10-15)12-20/h3,8-9,15-20H,1-2,4-7,10-14,24-25H2/t15-,16+,17?,18-,19+,20?. The summed E-state index contributed by atoms with van der Waals surface area (Å²) in [7, 11) is 0. The number of piperidine rings is 2. The van der Waals surface area contributed by atoms with E-state index in [4.69, 9.17) is 11.5 Å². The van der Waals surface area contributed by atoms with E-state index in [1.165, 1.54) is 76.2 Å².